The summed E-state index contributed by atoms with van der Waals surface area (Å²) in [4.78, 5) is 0. The molecule has 0 amide bonds. The Hall–Kier alpha value is -2.41. The second kappa shape index (κ2) is 6.37. The number of benzene rings is 2. The second-order valence-corrected chi connectivity index (χ2v) is 6.24. The Morgan fingerprint density at radius 3 is 2.43 bits per heavy atom. The van der Waals surface area contributed by atoms with Gasteiger partial charge in [-0.25, -0.2) is 4.57 Å². The minimum atomic E-state index is 1.04. The molecule has 0 fully saturated rings. The zero-order chi connectivity index (χ0) is 16.4. The van der Waals surface area contributed by atoms with Crippen molar-refractivity contribution < 1.29 is 4.57 Å². The van der Waals surface area contributed by atoms with Gasteiger partial charge >= 0.3 is 0 Å². The first-order valence-electron chi connectivity index (χ1n) is 8.25. The van der Waals surface area contributed by atoms with Crippen LogP contribution in [0.3, 0.4) is 0 Å². The third-order valence-corrected chi connectivity index (χ3v) is 4.53. The molecule has 0 saturated heterocycles. The smallest absolute Gasteiger partial charge is 0.201 e. The zero-order valence-corrected chi connectivity index (χ0v) is 14.4. The molecule has 0 saturated carbocycles. The van der Waals surface area contributed by atoms with Gasteiger partial charge in [-0.1, -0.05) is 42.8 Å². The average molecular weight is 302 g/mol. The number of aryl methyl sites for hydroxylation is 4. The van der Waals surface area contributed by atoms with Crippen molar-refractivity contribution in [1.82, 2.24) is 0 Å². The van der Waals surface area contributed by atoms with Crippen molar-refractivity contribution in [2.75, 3.05) is 0 Å². The van der Waals surface area contributed by atoms with Crippen molar-refractivity contribution in [3.05, 3.63) is 77.5 Å². The molecule has 0 aliphatic carbocycles. The minimum Gasteiger partial charge on any atom is -0.201 e. The van der Waals surface area contributed by atoms with Gasteiger partial charge in [-0.05, 0) is 54.7 Å². The first-order chi connectivity index (χ1) is 11.1. The maximum atomic E-state index is 2.34. The molecule has 0 bridgehead atoms. The van der Waals surface area contributed by atoms with Crippen LogP contribution >= 0.6 is 0 Å². The lowest BCUT2D eigenvalue weighted by atomic mass is 9.93. The number of aromatic nitrogens is 1. The predicted molar refractivity (Wildman–Crippen MR) is 97.3 cm³/mol. The van der Waals surface area contributed by atoms with Gasteiger partial charge in [-0.15, -0.1) is 0 Å². The Labute approximate surface area is 139 Å². The van der Waals surface area contributed by atoms with E-state index >= 15 is 0 Å². The van der Waals surface area contributed by atoms with Crippen LogP contribution in [0.15, 0.2) is 60.8 Å². The van der Waals surface area contributed by atoms with Crippen LogP contribution in [-0.4, -0.2) is 0 Å². The molecular weight excluding hydrogens is 278 g/mol. The standard InChI is InChI=1S/C22H24N/c1-5-18-11-12-19(20-14-16(2)9-10-17(20)3)15-21(18)22-8-6-7-13-23(22)4/h6-15H,5H2,1-4H3/q+1. The first kappa shape index (κ1) is 15.5. The van der Waals surface area contributed by atoms with Crippen molar-refractivity contribution in [2.24, 2.45) is 7.05 Å². The summed E-state index contributed by atoms with van der Waals surface area (Å²) < 4.78 is 2.20. The van der Waals surface area contributed by atoms with Crippen LogP contribution in [0.25, 0.3) is 22.4 Å². The summed E-state index contributed by atoms with van der Waals surface area (Å²) in [7, 11) is 2.11. The zero-order valence-electron chi connectivity index (χ0n) is 14.4. The third kappa shape index (κ3) is 3.05. The van der Waals surface area contributed by atoms with Gasteiger partial charge < -0.3 is 0 Å². The topological polar surface area (TPSA) is 3.88 Å². The van der Waals surface area contributed by atoms with Crippen LogP contribution in [0.4, 0.5) is 0 Å². The van der Waals surface area contributed by atoms with E-state index in [2.05, 4.69) is 93.2 Å². The Balaban J connectivity index is 2.21. The Morgan fingerprint density at radius 1 is 0.870 bits per heavy atom. The summed E-state index contributed by atoms with van der Waals surface area (Å²) in [6, 6.07) is 19.9. The molecule has 1 nitrogen and oxygen atoms in total. The van der Waals surface area contributed by atoms with Gasteiger partial charge in [0.2, 0.25) is 5.69 Å². The molecule has 0 radical (unpaired) electrons. The molecule has 2 aromatic carbocycles. The molecule has 23 heavy (non-hydrogen) atoms. The highest BCUT2D eigenvalue weighted by Crippen LogP contribution is 2.30. The van der Waals surface area contributed by atoms with Crippen molar-refractivity contribution >= 4 is 0 Å². The molecule has 0 atom stereocenters. The number of rotatable bonds is 3. The van der Waals surface area contributed by atoms with Crippen molar-refractivity contribution in [2.45, 2.75) is 27.2 Å². The highest BCUT2D eigenvalue weighted by molar-refractivity contribution is 5.75. The maximum Gasteiger partial charge on any atom is 0.212 e. The van der Waals surface area contributed by atoms with E-state index in [1.807, 2.05) is 0 Å². The highest BCUT2D eigenvalue weighted by Gasteiger charge is 2.14. The van der Waals surface area contributed by atoms with Crippen molar-refractivity contribution in [3.63, 3.8) is 0 Å². The van der Waals surface area contributed by atoms with Gasteiger partial charge in [0.05, 0.1) is 0 Å². The summed E-state index contributed by atoms with van der Waals surface area (Å²) in [6.45, 7) is 6.56. The normalized spacial score (nSPS) is 10.8. The molecule has 0 unspecified atom stereocenters. The molecule has 3 aromatic rings. The lowest BCUT2D eigenvalue weighted by Crippen LogP contribution is -2.30. The summed E-state index contributed by atoms with van der Waals surface area (Å²) in [5, 5.41) is 0. The van der Waals surface area contributed by atoms with E-state index in [1.54, 1.807) is 0 Å². The number of pyridine rings is 1. The molecule has 1 heterocycles. The van der Waals surface area contributed by atoms with Crippen LogP contribution in [-0.2, 0) is 13.5 Å². The number of hydrogen-bond acceptors (Lipinski definition) is 0. The molecule has 116 valence electrons. The molecule has 0 spiro atoms. The predicted octanol–water partition coefficient (Wildman–Crippen LogP) is 5.02. The van der Waals surface area contributed by atoms with Crippen molar-refractivity contribution in [1.29, 1.82) is 0 Å². The number of hydrogen-bond donors (Lipinski definition) is 0. The molecule has 0 N–H and O–H groups in total. The minimum absolute atomic E-state index is 1.04. The summed E-state index contributed by atoms with van der Waals surface area (Å²) in [5.41, 5.74) is 9.22. The second-order valence-electron chi connectivity index (χ2n) is 6.24. The summed E-state index contributed by atoms with van der Waals surface area (Å²) in [5.74, 6) is 0. The van der Waals surface area contributed by atoms with E-state index in [9.17, 15) is 0 Å². The van der Waals surface area contributed by atoms with Crippen molar-refractivity contribution in [3.8, 4) is 22.4 Å². The maximum absolute atomic E-state index is 2.34. The van der Waals surface area contributed by atoms with Gasteiger partial charge in [0.25, 0.3) is 0 Å². The SMILES string of the molecule is CCc1ccc(-c2cc(C)ccc2C)cc1-c1cccc[n+]1C. The van der Waals surface area contributed by atoms with Gasteiger partial charge in [0, 0.05) is 17.7 Å². The van der Waals surface area contributed by atoms with E-state index in [1.165, 1.54) is 39.1 Å². The molecule has 0 aliphatic rings. The summed E-state index contributed by atoms with van der Waals surface area (Å²) >= 11 is 0. The van der Waals surface area contributed by atoms with Crippen LogP contribution in [0.5, 0.6) is 0 Å². The lowest BCUT2D eigenvalue weighted by molar-refractivity contribution is -0.660. The van der Waals surface area contributed by atoms with Gasteiger partial charge in [-0.2, -0.15) is 0 Å². The summed E-state index contributed by atoms with van der Waals surface area (Å²) in [6.07, 6.45) is 3.15. The molecule has 1 aromatic heterocycles. The van der Waals surface area contributed by atoms with Crippen LogP contribution in [0.1, 0.15) is 23.6 Å². The Morgan fingerprint density at radius 2 is 1.70 bits per heavy atom. The van der Waals surface area contributed by atoms with Crippen LogP contribution in [0, 0.1) is 13.8 Å². The molecule has 3 rings (SSSR count). The fourth-order valence-corrected chi connectivity index (χ4v) is 3.14. The first-order valence-corrected chi connectivity index (χ1v) is 8.25. The van der Waals surface area contributed by atoms with E-state index in [-0.39, 0.29) is 0 Å². The third-order valence-electron chi connectivity index (χ3n) is 4.53. The highest BCUT2D eigenvalue weighted by atomic mass is 14.9. The molecule has 0 aliphatic heterocycles. The Kier molecular flexibility index (Phi) is 4.29. The monoisotopic (exact) mass is 302 g/mol. The van der Waals surface area contributed by atoms with E-state index in [0.29, 0.717) is 0 Å². The van der Waals surface area contributed by atoms with Gasteiger partial charge in [0.1, 0.15) is 7.05 Å². The average Bonchev–Trinajstić information content (AvgIpc) is 2.57. The molecule has 1 heteroatoms. The van der Waals surface area contributed by atoms with Crippen LogP contribution in [0.2, 0.25) is 0 Å². The lowest BCUT2D eigenvalue weighted by Gasteiger charge is -2.12. The van der Waals surface area contributed by atoms with Gasteiger partial charge in [-0.3, -0.25) is 0 Å². The largest absolute Gasteiger partial charge is 0.212 e. The fourth-order valence-electron chi connectivity index (χ4n) is 3.14. The Bertz CT molecular complexity index is 846. The molecular formula is C22H24N+. The van der Waals surface area contributed by atoms with Gasteiger partial charge in [0.15, 0.2) is 6.20 Å². The quantitative estimate of drug-likeness (QED) is 0.598. The fraction of sp³-hybridized carbons (Fsp3) is 0.227. The van der Waals surface area contributed by atoms with E-state index in [4.69, 9.17) is 0 Å². The van der Waals surface area contributed by atoms with E-state index in [0.717, 1.165) is 6.42 Å². The van der Waals surface area contributed by atoms with E-state index < -0.39 is 0 Å². The van der Waals surface area contributed by atoms with Crippen LogP contribution < -0.4 is 4.57 Å². The number of nitrogens with zero attached hydrogens (tertiary/aromatic N) is 1.